The van der Waals surface area contributed by atoms with Crippen LogP contribution in [-0.4, -0.2) is 49.0 Å². The lowest BCUT2D eigenvalue weighted by Gasteiger charge is -2.22. The van der Waals surface area contributed by atoms with Gasteiger partial charge in [-0.3, -0.25) is 14.2 Å². The number of amides is 1. The molecule has 1 aromatic carbocycles. The quantitative estimate of drug-likeness (QED) is 0.585. The van der Waals surface area contributed by atoms with Crippen molar-refractivity contribution in [3.05, 3.63) is 45.9 Å². The fourth-order valence-corrected chi connectivity index (χ4v) is 5.61. The molecule has 3 aromatic rings. The van der Waals surface area contributed by atoms with Gasteiger partial charge < -0.3 is 4.90 Å². The molecule has 162 valence electrons. The molecule has 1 atom stereocenters. The van der Waals surface area contributed by atoms with E-state index in [4.69, 9.17) is 4.98 Å². The number of benzene rings is 1. The maximum Gasteiger partial charge on any atom is 0.265 e. The SMILES string of the molecule is Cc1ccc(-n2ncc3c(=O)n4c(nc32)SCC4CC(=O)N2CCCCCC2)cc1C. The van der Waals surface area contributed by atoms with Crippen molar-refractivity contribution in [3.63, 3.8) is 0 Å². The lowest BCUT2D eigenvalue weighted by atomic mass is 10.1. The average Bonchev–Trinajstić information content (AvgIpc) is 3.25. The summed E-state index contributed by atoms with van der Waals surface area (Å²) in [5.41, 5.74) is 3.74. The largest absolute Gasteiger partial charge is 0.343 e. The van der Waals surface area contributed by atoms with Crippen molar-refractivity contribution >= 4 is 28.7 Å². The highest BCUT2D eigenvalue weighted by Gasteiger charge is 2.31. The highest BCUT2D eigenvalue weighted by atomic mass is 32.2. The van der Waals surface area contributed by atoms with Crippen LogP contribution in [-0.2, 0) is 4.79 Å². The first-order valence-corrected chi connectivity index (χ1v) is 12.0. The third-order valence-corrected chi connectivity index (χ3v) is 7.57. The summed E-state index contributed by atoms with van der Waals surface area (Å²) in [4.78, 5) is 33.0. The van der Waals surface area contributed by atoms with Gasteiger partial charge in [0.25, 0.3) is 5.56 Å². The molecule has 1 unspecified atom stereocenters. The minimum atomic E-state index is -0.148. The zero-order valence-corrected chi connectivity index (χ0v) is 18.8. The zero-order chi connectivity index (χ0) is 21.5. The molecule has 4 heterocycles. The van der Waals surface area contributed by atoms with Gasteiger partial charge in [-0.05, 0) is 49.9 Å². The molecule has 0 spiro atoms. The molecule has 0 N–H and O–H groups in total. The zero-order valence-electron chi connectivity index (χ0n) is 18.0. The fraction of sp³-hybridized carbons (Fsp3) is 0.478. The second-order valence-electron chi connectivity index (χ2n) is 8.60. The highest BCUT2D eigenvalue weighted by Crippen LogP contribution is 2.34. The van der Waals surface area contributed by atoms with Crippen LogP contribution in [0.3, 0.4) is 0 Å². The molecule has 2 aliphatic heterocycles. The van der Waals surface area contributed by atoms with Crippen LogP contribution in [0.4, 0.5) is 0 Å². The number of rotatable bonds is 3. The van der Waals surface area contributed by atoms with Gasteiger partial charge in [-0.25, -0.2) is 9.67 Å². The maximum absolute atomic E-state index is 13.3. The Morgan fingerprint density at radius 3 is 2.65 bits per heavy atom. The Morgan fingerprint density at radius 1 is 1.13 bits per heavy atom. The second-order valence-corrected chi connectivity index (χ2v) is 9.58. The van der Waals surface area contributed by atoms with Crippen molar-refractivity contribution in [2.24, 2.45) is 0 Å². The van der Waals surface area contributed by atoms with Crippen LogP contribution in [0.1, 0.15) is 49.3 Å². The normalized spacial score (nSPS) is 18.9. The number of hydrogen-bond donors (Lipinski definition) is 0. The molecule has 8 heteroatoms. The Hall–Kier alpha value is -2.61. The molecular formula is C23H27N5O2S. The van der Waals surface area contributed by atoms with Crippen LogP contribution in [0.2, 0.25) is 0 Å². The first-order valence-electron chi connectivity index (χ1n) is 11.0. The monoisotopic (exact) mass is 437 g/mol. The standard InChI is InChI=1S/C23H27N5O2S/c1-15-7-8-17(11-16(15)2)28-21-19(13-24-28)22(30)27-18(14-31-23(27)25-21)12-20(29)26-9-5-3-4-6-10-26/h7-8,11,13,18H,3-6,9-10,12,14H2,1-2H3. The highest BCUT2D eigenvalue weighted by molar-refractivity contribution is 7.99. The van der Waals surface area contributed by atoms with Crippen molar-refractivity contribution in [3.8, 4) is 5.69 Å². The topological polar surface area (TPSA) is 73.0 Å². The van der Waals surface area contributed by atoms with Gasteiger partial charge in [0.05, 0.1) is 17.9 Å². The Bertz CT molecular complexity index is 1210. The molecule has 2 aromatic heterocycles. The Balaban J connectivity index is 1.47. The smallest absolute Gasteiger partial charge is 0.265 e. The number of nitrogens with zero attached hydrogens (tertiary/aromatic N) is 5. The molecular weight excluding hydrogens is 410 g/mol. The fourth-order valence-electron chi connectivity index (χ4n) is 4.48. The summed E-state index contributed by atoms with van der Waals surface area (Å²) in [7, 11) is 0. The van der Waals surface area contributed by atoms with Crippen molar-refractivity contribution in [1.82, 2.24) is 24.2 Å². The van der Waals surface area contributed by atoms with E-state index in [1.54, 1.807) is 27.2 Å². The average molecular weight is 438 g/mol. The molecule has 7 nitrogen and oxygen atoms in total. The predicted molar refractivity (Wildman–Crippen MR) is 122 cm³/mol. The Morgan fingerprint density at radius 2 is 1.90 bits per heavy atom. The molecule has 0 bridgehead atoms. The number of aryl methyl sites for hydroxylation is 2. The van der Waals surface area contributed by atoms with Gasteiger partial charge in [0.1, 0.15) is 5.39 Å². The lowest BCUT2D eigenvalue weighted by Crippen LogP contribution is -2.35. The van der Waals surface area contributed by atoms with E-state index in [1.165, 1.54) is 24.0 Å². The van der Waals surface area contributed by atoms with Crippen LogP contribution in [0.25, 0.3) is 16.7 Å². The summed E-state index contributed by atoms with van der Waals surface area (Å²) in [6.07, 6.45) is 6.49. The van der Waals surface area contributed by atoms with E-state index < -0.39 is 0 Å². The third kappa shape index (κ3) is 3.67. The molecule has 2 aliphatic rings. The molecule has 1 amide bonds. The van der Waals surface area contributed by atoms with Gasteiger partial charge >= 0.3 is 0 Å². The van der Waals surface area contributed by atoms with Crippen LogP contribution >= 0.6 is 11.8 Å². The summed E-state index contributed by atoms with van der Waals surface area (Å²) < 4.78 is 3.45. The number of fused-ring (bicyclic) bond motifs is 2. The molecule has 31 heavy (non-hydrogen) atoms. The Kier molecular flexibility index (Phi) is 5.33. The molecule has 1 fully saturated rings. The molecule has 1 saturated heterocycles. The third-order valence-electron chi connectivity index (χ3n) is 6.47. The van der Waals surface area contributed by atoms with Gasteiger partial charge in [-0.2, -0.15) is 5.10 Å². The molecule has 5 rings (SSSR count). The first-order chi connectivity index (χ1) is 15.0. The van der Waals surface area contributed by atoms with Gasteiger partial charge in [-0.1, -0.05) is 30.7 Å². The van der Waals surface area contributed by atoms with E-state index in [1.807, 2.05) is 11.0 Å². The predicted octanol–water partition coefficient (Wildman–Crippen LogP) is 3.64. The van der Waals surface area contributed by atoms with Crippen LogP contribution in [0, 0.1) is 13.8 Å². The lowest BCUT2D eigenvalue weighted by molar-refractivity contribution is -0.131. The number of hydrogen-bond acceptors (Lipinski definition) is 5. The van der Waals surface area contributed by atoms with Crippen molar-refractivity contribution < 1.29 is 4.79 Å². The van der Waals surface area contributed by atoms with Gasteiger partial charge in [0.2, 0.25) is 5.91 Å². The molecule has 0 saturated carbocycles. The first kappa shape index (κ1) is 20.3. The summed E-state index contributed by atoms with van der Waals surface area (Å²) in [5, 5.41) is 5.64. The number of thioether (sulfide) groups is 1. The van der Waals surface area contributed by atoms with E-state index in [0.717, 1.165) is 31.6 Å². The van der Waals surface area contributed by atoms with Gasteiger partial charge in [0.15, 0.2) is 10.8 Å². The number of carbonyl (C=O) groups is 1. The van der Waals surface area contributed by atoms with Crippen molar-refractivity contribution in [1.29, 1.82) is 0 Å². The Labute approximate surface area is 185 Å². The van der Waals surface area contributed by atoms with Crippen molar-refractivity contribution in [2.45, 2.75) is 57.1 Å². The van der Waals surface area contributed by atoms with Crippen LogP contribution in [0.15, 0.2) is 34.3 Å². The van der Waals surface area contributed by atoms with E-state index in [9.17, 15) is 9.59 Å². The minimum Gasteiger partial charge on any atom is -0.343 e. The number of aromatic nitrogens is 4. The van der Waals surface area contributed by atoms with E-state index in [2.05, 4.69) is 31.1 Å². The van der Waals surface area contributed by atoms with Gasteiger partial charge in [0, 0.05) is 25.3 Å². The van der Waals surface area contributed by atoms with E-state index >= 15 is 0 Å². The summed E-state index contributed by atoms with van der Waals surface area (Å²) in [5.74, 6) is 0.851. The van der Waals surface area contributed by atoms with Crippen LogP contribution < -0.4 is 5.56 Å². The number of likely N-dealkylation sites (tertiary alicyclic amines) is 1. The number of carbonyl (C=O) groups excluding carboxylic acids is 1. The second kappa shape index (κ2) is 8.15. The summed E-state index contributed by atoms with van der Waals surface area (Å²) in [6.45, 7) is 5.80. The maximum atomic E-state index is 13.3. The van der Waals surface area contributed by atoms with Gasteiger partial charge in [-0.15, -0.1) is 0 Å². The molecule has 0 aliphatic carbocycles. The summed E-state index contributed by atoms with van der Waals surface area (Å²) >= 11 is 1.55. The summed E-state index contributed by atoms with van der Waals surface area (Å²) in [6, 6.07) is 5.96. The van der Waals surface area contributed by atoms with E-state index in [-0.39, 0.29) is 17.5 Å². The molecule has 0 radical (unpaired) electrons. The van der Waals surface area contributed by atoms with Crippen LogP contribution in [0.5, 0.6) is 0 Å². The minimum absolute atomic E-state index is 0.103. The van der Waals surface area contributed by atoms with E-state index in [0.29, 0.717) is 28.4 Å². The van der Waals surface area contributed by atoms with Crippen molar-refractivity contribution in [2.75, 3.05) is 18.8 Å².